The van der Waals surface area contributed by atoms with Crippen LogP contribution in [0.4, 0.5) is 5.69 Å². The lowest BCUT2D eigenvalue weighted by atomic mass is 9.99. The number of hydrogen-bond acceptors (Lipinski definition) is 3. The zero-order valence-electron chi connectivity index (χ0n) is 15.7. The lowest BCUT2D eigenvalue weighted by molar-refractivity contribution is -0.120. The SMILES string of the molecule is O=C(Nc1cccc(Cl)c1)[C@@H]1CCCN(S(=O)(=O)CCCc2ccccc2)C1. The highest BCUT2D eigenvalue weighted by atomic mass is 35.5. The number of piperidine rings is 1. The molecule has 1 amide bonds. The molecule has 1 N–H and O–H groups in total. The number of halogens is 1. The highest BCUT2D eigenvalue weighted by Crippen LogP contribution is 2.23. The zero-order chi connectivity index (χ0) is 20.0. The van der Waals surface area contributed by atoms with Gasteiger partial charge in [-0.05, 0) is 49.4 Å². The highest BCUT2D eigenvalue weighted by molar-refractivity contribution is 7.89. The molecule has 0 aliphatic carbocycles. The van der Waals surface area contributed by atoms with E-state index in [0.29, 0.717) is 36.5 Å². The van der Waals surface area contributed by atoms with Gasteiger partial charge < -0.3 is 5.32 Å². The van der Waals surface area contributed by atoms with E-state index in [9.17, 15) is 13.2 Å². The van der Waals surface area contributed by atoms with Gasteiger partial charge in [0.25, 0.3) is 0 Å². The Balaban J connectivity index is 1.54. The van der Waals surface area contributed by atoms with Crippen LogP contribution in [-0.4, -0.2) is 37.5 Å². The molecule has 2 aromatic carbocycles. The second-order valence-electron chi connectivity index (χ2n) is 7.10. The summed E-state index contributed by atoms with van der Waals surface area (Å²) in [7, 11) is -3.37. The number of carbonyl (C=O) groups is 1. The fourth-order valence-electron chi connectivity index (χ4n) is 3.45. The van der Waals surface area contributed by atoms with Crippen LogP contribution in [0.3, 0.4) is 0 Å². The minimum absolute atomic E-state index is 0.102. The fourth-order valence-corrected chi connectivity index (χ4v) is 5.22. The van der Waals surface area contributed by atoms with Gasteiger partial charge in [-0.15, -0.1) is 0 Å². The maximum atomic E-state index is 12.7. The van der Waals surface area contributed by atoms with Crippen molar-refractivity contribution in [1.29, 1.82) is 0 Å². The van der Waals surface area contributed by atoms with Gasteiger partial charge in [-0.1, -0.05) is 48.0 Å². The summed E-state index contributed by atoms with van der Waals surface area (Å²) in [6, 6.07) is 16.8. The summed E-state index contributed by atoms with van der Waals surface area (Å²) in [6.45, 7) is 0.717. The van der Waals surface area contributed by atoms with Crippen LogP contribution in [-0.2, 0) is 21.2 Å². The van der Waals surface area contributed by atoms with Crippen LogP contribution in [0.15, 0.2) is 54.6 Å². The van der Waals surface area contributed by atoms with E-state index < -0.39 is 10.0 Å². The summed E-state index contributed by atoms with van der Waals surface area (Å²) in [5.41, 5.74) is 1.76. The second-order valence-corrected chi connectivity index (χ2v) is 9.63. The lowest BCUT2D eigenvalue weighted by Crippen LogP contribution is -2.44. The molecule has 0 radical (unpaired) electrons. The topological polar surface area (TPSA) is 66.5 Å². The largest absolute Gasteiger partial charge is 0.326 e. The van der Waals surface area contributed by atoms with Crippen molar-refractivity contribution in [2.45, 2.75) is 25.7 Å². The Kier molecular flexibility index (Phi) is 7.10. The molecule has 1 saturated heterocycles. The first-order valence-corrected chi connectivity index (χ1v) is 11.5. The van der Waals surface area contributed by atoms with Crippen molar-refractivity contribution in [1.82, 2.24) is 4.31 Å². The average Bonchev–Trinajstić information content (AvgIpc) is 2.69. The Bertz CT molecular complexity index is 903. The first-order valence-electron chi connectivity index (χ1n) is 9.52. The van der Waals surface area contributed by atoms with Gasteiger partial charge in [-0.2, -0.15) is 0 Å². The summed E-state index contributed by atoms with van der Waals surface area (Å²) < 4.78 is 26.9. The number of benzene rings is 2. The number of nitrogens with one attached hydrogen (secondary N) is 1. The van der Waals surface area contributed by atoms with Crippen molar-refractivity contribution in [2.75, 3.05) is 24.2 Å². The third-order valence-electron chi connectivity index (χ3n) is 4.95. The molecule has 28 heavy (non-hydrogen) atoms. The molecule has 1 fully saturated rings. The van der Waals surface area contributed by atoms with Crippen LogP contribution in [0.2, 0.25) is 5.02 Å². The molecule has 1 atom stereocenters. The number of sulfonamides is 1. The van der Waals surface area contributed by atoms with E-state index in [-0.39, 0.29) is 24.1 Å². The van der Waals surface area contributed by atoms with Gasteiger partial charge in [0.2, 0.25) is 15.9 Å². The maximum absolute atomic E-state index is 12.7. The van der Waals surface area contributed by atoms with E-state index in [1.54, 1.807) is 24.3 Å². The number of amides is 1. The van der Waals surface area contributed by atoms with Crippen molar-refractivity contribution < 1.29 is 13.2 Å². The van der Waals surface area contributed by atoms with Gasteiger partial charge in [-0.25, -0.2) is 12.7 Å². The van der Waals surface area contributed by atoms with E-state index in [2.05, 4.69) is 5.32 Å². The third kappa shape index (κ3) is 5.80. The normalized spacial score (nSPS) is 18.0. The Morgan fingerprint density at radius 2 is 1.93 bits per heavy atom. The van der Waals surface area contributed by atoms with Crippen molar-refractivity contribution >= 4 is 33.2 Å². The number of hydrogen-bond donors (Lipinski definition) is 1. The molecule has 1 aliphatic rings. The number of anilines is 1. The van der Waals surface area contributed by atoms with Crippen molar-refractivity contribution in [3.63, 3.8) is 0 Å². The summed E-state index contributed by atoms with van der Waals surface area (Å²) in [5, 5.41) is 3.39. The monoisotopic (exact) mass is 420 g/mol. The van der Waals surface area contributed by atoms with Gasteiger partial charge in [-0.3, -0.25) is 4.79 Å². The van der Waals surface area contributed by atoms with Crippen LogP contribution < -0.4 is 5.32 Å². The van der Waals surface area contributed by atoms with Crippen molar-refractivity contribution in [2.24, 2.45) is 5.92 Å². The molecule has 1 aliphatic heterocycles. The number of aryl methyl sites for hydroxylation is 1. The fraction of sp³-hybridized carbons (Fsp3) is 0.381. The Labute approximate surface area is 171 Å². The highest BCUT2D eigenvalue weighted by Gasteiger charge is 2.32. The molecule has 0 spiro atoms. The summed E-state index contributed by atoms with van der Waals surface area (Å²) in [5.74, 6) is -0.409. The van der Waals surface area contributed by atoms with Crippen LogP contribution in [0.5, 0.6) is 0 Å². The summed E-state index contributed by atoms with van der Waals surface area (Å²) in [4.78, 5) is 12.6. The van der Waals surface area contributed by atoms with E-state index in [0.717, 1.165) is 12.0 Å². The molecule has 0 unspecified atom stereocenters. The molecule has 0 saturated carbocycles. The zero-order valence-corrected chi connectivity index (χ0v) is 17.3. The van der Waals surface area contributed by atoms with E-state index in [1.165, 1.54) is 4.31 Å². The smallest absolute Gasteiger partial charge is 0.228 e. The average molecular weight is 421 g/mol. The Morgan fingerprint density at radius 3 is 2.68 bits per heavy atom. The molecule has 2 aromatic rings. The van der Waals surface area contributed by atoms with Gasteiger partial charge in [0, 0.05) is 23.8 Å². The van der Waals surface area contributed by atoms with Gasteiger partial charge in [0.1, 0.15) is 0 Å². The predicted molar refractivity (Wildman–Crippen MR) is 113 cm³/mol. The standard InChI is InChI=1S/C21H25ClN2O3S/c22-19-11-4-12-20(15-19)23-21(25)18-10-5-13-24(16-18)28(26,27)14-6-9-17-7-2-1-3-8-17/h1-4,7-8,11-12,15,18H,5-6,9-10,13-14,16H2,(H,23,25)/t18-/m1/s1. The number of nitrogens with zero attached hydrogens (tertiary/aromatic N) is 1. The number of rotatable bonds is 7. The molecule has 0 aromatic heterocycles. The maximum Gasteiger partial charge on any atom is 0.228 e. The van der Waals surface area contributed by atoms with E-state index in [4.69, 9.17) is 11.6 Å². The second kappa shape index (κ2) is 9.54. The molecule has 150 valence electrons. The molecule has 1 heterocycles. The number of carbonyl (C=O) groups excluding carboxylic acids is 1. The van der Waals surface area contributed by atoms with Crippen LogP contribution in [0.25, 0.3) is 0 Å². The molecular weight excluding hydrogens is 396 g/mol. The summed E-state index contributed by atoms with van der Waals surface area (Å²) >= 11 is 5.95. The minimum Gasteiger partial charge on any atom is -0.326 e. The molecule has 0 bridgehead atoms. The molecule has 3 rings (SSSR count). The lowest BCUT2D eigenvalue weighted by Gasteiger charge is -2.31. The Morgan fingerprint density at radius 1 is 1.14 bits per heavy atom. The van der Waals surface area contributed by atoms with Crippen molar-refractivity contribution in [3.05, 3.63) is 65.2 Å². The van der Waals surface area contributed by atoms with Gasteiger partial charge in [0.05, 0.1) is 11.7 Å². The van der Waals surface area contributed by atoms with Crippen LogP contribution in [0, 0.1) is 5.92 Å². The first-order chi connectivity index (χ1) is 13.4. The third-order valence-corrected chi connectivity index (χ3v) is 7.11. The van der Waals surface area contributed by atoms with E-state index >= 15 is 0 Å². The van der Waals surface area contributed by atoms with Gasteiger partial charge in [0.15, 0.2) is 0 Å². The van der Waals surface area contributed by atoms with Gasteiger partial charge >= 0.3 is 0 Å². The first kappa shape index (κ1) is 20.8. The summed E-state index contributed by atoms with van der Waals surface area (Å²) in [6.07, 6.45) is 2.67. The van der Waals surface area contributed by atoms with Crippen molar-refractivity contribution in [3.8, 4) is 0 Å². The quantitative estimate of drug-likeness (QED) is 0.737. The molecule has 5 nitrogen and oxygen atoms in total. The minimum atomic E-state index is -3.37. The van der Waals surface area contributed by atoms with Crippen LogP contribution >= 0.6 is 11.6 Å². The predicted octanol–water partition coefficient (Wildman–Crippen LogP) is 3.95. The van der Waals surface area contributed by atoms with E-state index in [1.807, 2.05) is 30.3 Å². The molecule has 7 heteroatoms. The van der Waals surface area contributed by atoms with Crippen LogP contribution in [0.1, 0.15) is 24.8 Å². The molecular formula is C21H25ClN2O3S. The Hall–Kier alpha value is -1.89.